The quantitative estimate of drug-likeness (QED) is 0.780. The Hall–Kier alpha value is -2.89. The van der Waals surface area contributed by atoms with Gasteiger partial charge < -0.3 is 14.7 Å². The Balaban J connectivity index is 1.63. The zero-order valence-corrected chi connectivity index (χ0v) is 17.0. The molecule has 0 N–H and O–H groups in total. The van der Waals surface area contributed by atoms with Crippen LogP contribution in [0.3, 0.4) is 0 Å². The minimum atomic E-state index is -0.407. The van der Waals surface area contributed by atoms with Crippen molar-refractivity contribution in [2.75, 3.05) is 33.7 Å². The van der Waals surface area contributed by atoms with Gasteiger partial charge in [-0.25, -0.2) is 9.18 Å². The van der Waals surface area contributed by atoms with Crippen molar-refractivity contribution in [2.24, 2.45) is 11.8 Å². The van der Waals surface area contributed by atoms with Gasteiger partial charge in [0.05, 0.1) is 6.04 Å². The highest BCUT2D eigenvalue weighted by molar-refractivity contribution is 5.94. The number of carbonyl (C=O) groups excluding carboxylic acids is 2. The lowest BCUT2D eigenvalue weighted by atomic mass is 9.88. The first-order chi connectivity index (χ1) is 13.9. The number of hydrogen-bond donors (Lipinski definition) is 0. The van der Waals surface area contributed by atoms with E-state index in [1.165, 1.54) is 12.1 Å². The lowest BCUT2D eigenvalue weighted by molar-refractivity contribution is 0.0766. The first-order valence-corrected chi connectivity index (χ1v) is 9.95. The highest BCUT2D eigenvalue weighted by Crippen LogP contribution is 2.46. The first kappa shape index (κ1) is 19.4. The van der Waals surface area contributed by atoms with Crippen LogP contribution in [0, 0.1) is 24.6 Å². The molecule has 152 valence electrons. The molecule has 0 saturated carbocycles. The number of nitrogens with zero attached hydrogens (tertiary/aromatic N) is 3. The van der Waals surface area contributed by atoms with E-state index in [0.717, 1.165) is 11.1 Å². The molecule has 2 aliphatic rings. The van der Waals surface area contributed by atoms with Gasteiger partial charge in [0.15, 0.2) is 0 Å². The number of amides is 3. The highest BCUT2D eigenvalue weighted by Gasteiger charge is 2.50. The number of fused-ring (bicyclic) bond motifs is 1. The zero-order valence-electron chi connectivity index (χ0n) is 17.0. The Morgan fingerprint density at radius 3 is 2.48 bits per heavy atom. The number of likely N-dealkylation sites (tertiary alicyclic amines) is 2. The maximum absolute atomic E-state index is 13.6. The van der Waals surface area contributed by atoms with E-state index in [-0.39, 0.29) is 29.8 Å². The Morgan fingerprint density at radius 1 is 1.03 bits per heavy atom. The largest absolute Gasteiger partial charge is 0.338 e. The molecule has 2 saturated heterocycles. The standard InChI is InChI=1S/C23H26FN3O2/c1-15-7-4-5-10-19(15)21-20-14-26(22(28)16-8-6-9-18(24)11-16)12-17(20)13-27(21)23(29)25(2)3/h4-11,17,20-21H,12-14H2,1-3H3/t17-,20-,21+/m1/s1. The molecule has 5 nitrogen and oxygen atoms in total. The van der Waals surface area contributed by atoms with Gasteiger partial charge in [0.1, 0.15) is 5.82 Å². The van der Waals surface area contributed by atoms with E-state index < -0.39 is 5.82 Å². The summed E-state index contributed by atoms with van der Waals surface area (Å²) in [6, 6.07) is 13.9. The van der Waals surface area contributed by atoms with E-state index in [0.29, 0.717) is 25.2 Å². The van der Waals surface area contributed by atoms with Gasteiger partial charge in [-0.05, 0) is 36.2 Å². The molecule has 0 radical (unpaired) electrons. The lowest BCUT2D eigenvalue weighted by Crippen LogP contribution is -2.42. The first-order valence-electron chi connectivity index (χ1n) is 9.95. The molecule has 0 aromatic heterocycles. The van der Waals surface area contributed by atoms with Gasteiger partial charge in [-0.3, -0.25) is 4.79 Å². The summed E-state index contributed by atoms with van der Waals surface area (Å²) in [5, 5.41) is 0. The summed E-state index contributed by atoms with van der Waals surface area (Å²) < 4.78 is 13.6. The van der Waals surface area contributed by atoms with Crippen molar-refractivity contribution in [3.8, 4) is 0 Å². The average Bonchev–Trinajstić information content (AvgIpc) is 3.25. The Labute approximate surface area is 170 Å². The van der Waals surface area contributed by atoms with E-state index >= 15 is 0 Å². The number of benzene rings is 2. The lowest BCUT2D eigenvalue weighted by Gasteiger charge is -2.32. The topological polar surface area (TPSA) is 43.9 Å². The van der Waals surface area contributed by atoms with Gasteiger partial charge in [0.2, 0.25) is 0 Å². The van der Waals surface area contributed by atoms with Crippen LogP contribution in [0.5, 0.6) is 0 Å². The molecule has 0 aliphatic carbocycles. The maximum atomic E-state index is 13.6. The molecule has 2 aromatic rings. The van der Waals surface area contributed by atoms with E-state index in [1.807, 2.05) is 21.9 Å². The van der Waals surface area contributed by atoms with Crippen LogP contribution < -0.4 is 0 Å². The number of carbonyl (C=O) groups is 2. The minimum Gasteiger partial charge on any atom is -0.338 e. The van der Waals surface area contributed by atoms with E-state index in [2.05, 4.69) is 19.1 Å². The van der Waals surface area contributed by atoms with Crippen molar-refractivity contribution in [3.63, 3.8) is 0 Å². The molecule has 2 aromatic carbocycles. The molecule has 0 unspecified atom stereocenters. The third-order valence-electron chi connectivity index (χ3n) is 6.16. The van der Waals surface area contributed by atoms with Gasteiger partial charge in [-0.1, -0.05) is 30.3 Å². The Bertz CT molecular complexity index is 945. The Kier molecular flexibility index (Phi) is 5.03. The number of rotatable bonds is 2. The van der Waals surface area contributed by atoms with Gasteiger partial charge in [0, 0.05) is 51.1 Å². The second-order valence-corrected chi connectivity index (χ2v) is 8.28. The van der Waals surface area contributed by atoms with Crippen molar-refractivity contribution < 1.29 is 14.0 Å². The van der Waals surface area contributed by atoms with Crippen LogP contribution >= 0.6 is 0 Å². The van der Waals surface area contributed by atoms with Crippen LogP contribution in [-0.4, -0.2) is 60.4 Å². The second-order valence-electron chi connectivity index (χ2n) is 8.28. The van der Waals surface area contributed by atoms with Crippen LogP contribution in [0.15, 0.2) is 48.5 Å². The average molecular weight is 395 g/mol. The van der Waals surface area contributed by atoms with Crippen molar-refractivity contribution in [1.29, 1.82) is 0 Å². The van der Waals surface area contributed by atoms with Gasteiger partial charge in [-0.2, -0.15) is 0 Å². The highest BCUT2D eigenvalue weighted by atomic mass is 19.1. The zero-order chi connectivity index (χ0) is 20.7. The third-order valence-corrected chi connectivity index (χ3v) is 6.16. The number of halogens is 1. The summed E-state index contributed by atoms with van der Waals surface area (Å²) in [6.07, 6.45) is 0. The van der Waals surface area contributed by atoms with Crippen LogP contribution in [0.1, 0.15) is 27.5 Å². The maximum Gasteiger partial charge on any atom is 0.320 e. The predicted octanol–water partition coefficient (Wildman–Crippen LogP) is 3.56. The minimum absolute atomic E-state index is 0.00402. The molecule has 29 heavy (non-hydrogen) atoms. The van der Waals surface area contributed by atoms with Crippen molar-refractivity contribution in [2.45, 2.75) is 13.0 Å². The number of hydrogen-bond acceptors (Lipinski definition) is 2. The second kappa shape index (κ2) is 7.50. The van der Waals surface area contributed by atoms with E-state index in [4.69, 9.17) is 0 Å². The van der Waals surface area contributed by atoms with Crippen molar-refractivity contribution in [3.05, 3.63) is 71.0 Å². The van der Waals surface area contributed by atoms with E-state index in [1.54, 1.807) is 31.1 Å². The monoisotopic (exact) mass is 395 g/mol. The molecule has 2 fully saturated rings. The SMILES string of the molecule is Cc1ccccc1[C@H]1[C@@H]2CN(C(=O)c3cccc(F)c3)C[C@@H]2CN1C(=O)N(C)C. The van der Waals surface area contributed by atoms with Gasteiger partial charge in [0.25, 0.3) is 5.91 Å². The van der Waals surface area contributed by atoms with Crippen LogP contribution in [0.25, 0.3) is 0 Å². The summed E-state index contributed by atoms with van der Waals surface area (Å²) in [5.74, 6) is -0.178. The molecule has 0 spiro atoms. The molecule has 0 bridgehead atoms. The van der Waals surface area contributed by atoms with Gasteiger partial charge >= 0.3 is 6.03 Å². The molecule has 3 amide bonds. The summed E-state index contributed by atoms with van der Waals surface area (Å²) in [4.78, 5) is 31.2. The fraction of sp³-hybridized carbons (Fsp3) is 0.391. The van der Waals surface area contributed by atoms with Gasteiger partial charge in [-0.15, -0.1) is 0 Å². The molecule has 2 aliphatic heterocycles. The number of urea groups is 1. The van der Waals surface area contributed by atoms with Crippen LogP contribution in [0.4, 0.5) is 9.18 Å². The normalized spacial score (nSPS) is 23.2. The van der Waals surface area contributed by atoms with Crippen molar-refractivity contribution >= 4 is 11.9 Å². The smallest absolute Gasteiger partial charge is 0.320 e. The molecule has 3 atom stereocenters. The summed E-state index contributed by atoms with van der Waals surface area (Å²) in [6.45, 7) is 3.83. The molecule has 4 rings (SSSR count). The fourth-order valence-corrected chi connectivity index (χ4v) is 4.79. The Morgan fingerprint density at radius 2 is 1.79 bits per heavy atom. The molecular weight excluding hydrogens is 369 g/mol. The third kappa shape index (κ3) is 3.48. The molecular formula is C23H26FN3O2. The number of aryl methyl sites for hydroxylation is 1. The van der Waals surface area contributed by atoms with Crippen molar-refractivity contribution in [1.82, 2.24) is 14.7 Å². The molecule has 6 heteroatoms. The molecule has 2 heterocycles. The predicted molar refractivity (Wildman–Crippen MR) is 109 cm³/mol. The van der Waals surface area contributed by atoms with Crippen LogP contribution in [0.2, 0.25) is 0 Å². The fourth-order valence-electron chi connectivity index (χ4n) is 4.79. The van der Waals surface area contributed by atoms with E-state index in [9.17, 15) is 14.0 Å². The summed E-state index contributed by atoms with van der Waals surface area (Å²) in [7, 11) is 3.54. The summed E-state index contributed by atoms with van der Waals surface area (Å²) >= 11 is 0. The van der Waals surface area contributed by atoms with Crippen LogP contribution in [-0.2, 0) is 0 Å². The summed E-state index contributed by atoms with van der Waals surface area (Å²) in [5.41, 5.74) is 2.65.